The molecule has 78 valence electrons. The molecule has 0 amide bonds. The number of nitrogens with one attached hydrogen (secondary N) is 1. The zero-order valence-electron chi connectivity index (χ0n) is 9.26. The molecule has 0 aliphatic carbocycles. The van der Waals surface area contributed by atoms with Gasteiger partial charge in [0.2, 0.25) is 0 Å². The molecular weight excluding hydrogens is 166 g/mol. The van der Waals surface area contributed by atoms with Crippen LogP contribution in [0.15, 0.2) is 0 Å². The predicted molar refractivity (Wildman–Crippen MR) is 53.5 cm³/mol. The van der Waals surface area contributed by atoms with Crippen molar-refractivity contribution in [3.8, 4) is 0 Å². The van der Waals surface area contributed by atoms with Gasteiger partial charge in [0.05, 0.1) is 12.6 Å². The molecule has 0 spiro atoms. The van der Waals surface area contributed by atoms with E-state index < -0.39 is 0 Å². The van der Waals surface area contributed by atoms with Crippen LogP contribution in [0.5, 0.6) is 0 Å². The third-order valence-electron chi connectivity index (χ3n) is 1.94. The molecule has 1 atom stereocenters. The predicted octanol–water partition coefficient (Wildman–Crippen LogP) is 1.57. The van der Waals surface area contributed by atoms with Crippen LogP contribution >= 0.6 is 0 Å². The van der Waals surface area contributed by atoms with Crippen molar-refractivity contribution in [2.45, 2.75) is 46.8 Å². The second-order valence-corrected chi connectivity index (χ2v) is 3.95. The highest BCUT2D eigenvalue weighted by Crippen LogP contribution is 1.99. The highest BCUT2D eigenvalue weighted by Gasteiger charge is 2.10. The average molecular weight is 187 g/mol. The van der Waals surface area contributed by atoms with Gasteiger partial charge in [-0.2, -0.15) is 0 Å². The summed E-state index contributed by atoms with van der Waals surface area (Å²) in [5, 5.41) is 3.11. The maximum atomic E-state index is 11.1. The Labute approximate surface area is 80.8 Å². The number of hydrogen-bond acceptors (Lipinski definition) is 3. The van der Waals surface area contributed by atoms with Crippen molar-refractivity contribution in [2.24, 2.45) is 5.92 Å². The van der Waals surface area contributed by atoms with E-state index in [1.54, 1.807) is 0 Å². The van der Waals surface area contributed by atoms with Crippen molar-refractivity contribution in [3.05, 3.63) is 0 Å². The van der Waals surface area contributed by atoms with Crippen molar-refractivity contribution in [1.29, 1.82) is 0 Å². The van der Waals surface area contributed by atoms with Gasteiger partial charge in [-0.15, -0.1) is 0 Å². The summed E-state index contributed by atoms with van der Waals surface area (Å²) in [4.78, 5) is 11.1. The minimum atomic E-state index is -0.178. The number of carbonyl (C=O) groups excluding carboxylic acids is 1. The molecule has 0 heterocycles. The fourth-order valence-corrected chi connectivity index (χ4v) is 0.785. The van der Waals surface area contributed by atoms with Crippen LogP contribution in [0.3, 0.4) is 0 Å². The van der Waals surface area contributed by atoms with Gasteiger partial charge < -0.3 is 10.1 Å². The Morgan fingerprint density at radius 3 is 2.15 bits per heavy atom. The van der Waals surface area contributed by atoms with E-state index in [2.05, 4.69) is 26.1 Å². The van der Waals surface area contributed by atoms with E-state index in [1.807, 2.05) is 13.8 Å². The third-order valence-corrected chi connectivity index (χ3v) is 1.94. The van der Waals surface area contributed by atoms with Crippen LogP contribution < -0.4 is 5.32 Å². The largest absolute Gasteiger partial charge is 0.462 e. The summed E-state index contributed by atoms with van der Waals surface area (Å²) >= 11 is 0. The molecule has 0 saturated carbocycles. The number of rotatable bonds is 5. The lowest BCUT2D eigenvalue weighted by Crippen LogP contribution is -2.36. The molecule has 0 aromatic heterocycles. The Bertz CT molecular complexity index is 155. The molecule has 0 aromatic carbocycles. The molecule has 0 aromatic rings. The monoisotopic (exact) mass is 187 g/mol. The summed E-state index contributed by atoms with van der Waals surface area (Å²) in [6, 6.07) is 0.347. The van der Waals surface area contributed by atoms with Crippen LogP contribution in [0.4, 0.5) is 0 Å². The molecule has 0 bridgehead atoms. The van der Waals surface area contributed by atoms with Crippen molar-refractivity contribution in [1.82, 2.24) is 5.32 Å². The standard InChI is InChI=1S/C10H21NO2/c1-7(2)9(5)11-6-10(12)13-8(3)4/h7-9,11H,6H2,1-5H3. The highest BCUT2D eigenvalue weighted by molar-refractivity contribution is 5.71. The molecule has 0 radical (unpaired) electrons. The van der Waals surface area contributed by atoms with Gasteiger partial charge in [-0.25, -0.2) is 0 Å². The van der Waals surface area contributed by atoms with Gasteiger partial charge in [-0.05, 0) is 26.7 Å². The number of esters is 1. The first-order chi connectivity index (χ1) is 5.93. The maximum Gasteiger partial charge on any atom is 0.320 e. The summed E-state index contributed by atoms with van der Waals surface area (Å²) in [5.74, 6) is 0.356. The fraction of sp³-hybridized carbons (Fsp3) is 0.900. The lowest BCUT2D eigenvalue weighted by atomic mass is 10.1. The molecule has 1 unspecified atom stereocenters. The summed E-state index contributed by atoms with van der Waals surface area (Å²) in [6.45, 7) is 10.3. The van der Waals surface area contributed by atoms with Crippen molar-refractivity contribution < 1.29 is 9.53 Å². The smallest absolute Gasteiger partial charge is 0.320 e. The SMILES string of the molecule is CC(C)OC(=O)CNC(C)C(C)C. The van der Waals surface area contributed by atoms with E-state index in [0.29, 0.717) is 18.5 Å². The fourth-order valence-electron chi connectivity index (χ4n) is 0.785. The van der Waals surface area contributed by atoms with Crippen molar-refractivity contribution >= 4 is 5.97 Å². The van der Waals surface area contributed by atoms with Crippen molar-refractivity contribution in [3.63, 3.8) is 0 Å². The topological polar surface area (TPSA) is 38.3 Å². The Morgan fingerprint density at radius 2 is 1.77 bits per heavy atom. The van der Waals surface area contributed by atoms with Gasteiger partial charge in [-0.1, -0.05) is 13.8 Å². The zero-order chi connectivity index (χ0) is 10.4. The number of ether oxygens (including phenoxy) is 1. The van der Waals surface area contributed by atoms with E-state index in [0.717, 1.165) is 0 Å². The summed E-state index contributed by atoms with van der Waals surface area (Å²) in [7, 11) is 0. The van der Waals surface area contributed by atoms with Crippen LogP contribution in [-0.4, -0.2) is 24.7 Å². The molecule has 0 rings (SSSR count). The Kier molecular flexibility index (Phi) is 5.71. The Morgan fingerprint density at radius 1 is 1.23 bits per heavy atom. The highest BCUT2D eigenvalue weighted by atomic mass is 16.5. The molecule has 3 heteroatoms. The van der Waals surface area contributed by atoms with Crippen LogP contribution in [0, 0.1) is 5.92 Å². The first kappa shape index (κ1) is 12.4. The van der Waals surface area contributed by atoms with E-state index >= 15 is 0 Å². The quantitative estimate of drug-likeness (QED) is 0.664. The van der Waals surface area contributed by atoms with Gasteiger partial charge in [0, 0.05) is 6.04 Å². The van der Waals surface area contributed by atoms with Crippen molar-refractivity contribution in [2.75, 3.05) is 6.54 Å². The van der Waals surface area contributed by atoms with Gasteiger partial charge in [0.15, 0.2) is 0 Å². The van der Waals surface area contributed by atoms with Crippen LogP contribution in [0.25, 0.3) is 0 Å². The van der Waals surface area contributed by atoms with Crippen LogP contribution in [0.1, 0.15) is 34.6 Å². The van der Waals surface area contributed by atoms with E-state index in [1.165, 1.54) is 0 Å². The second kappa shape index (κ2) is 5.97. The first-order valence-electron chi connectivity index (χ1n) is 4.86. The summed E-state index contributed by atoms with van der Waals surface area (Å²) in [5.41, 5.74) is 0. The Hall–Kier alpha value is -0.570. The maximum absolute atomic E-state index is 11.1. The van der Waals surface area contributed by atoms with Gasteiger partial charge >= 0.3 is 5.97 Å². The molecular formula is C10H21NO2. The third kappa shape index (κ3) is 6.58. The van der Waals surface area contributed by atoms with E-state index in [4.69, 9.17) is 4.74 Å². The zero-order valence-corrected chi connectivity index (χ0v) is 9.26. The molecule has 0 aliphatic heterocycles. The lowest BCUT2D eigenvalue weighted by molar-refractivity contribution is -0.146. The molecule has 3 nitrogen and oxygen atoms in total. The van der Waals surface area contributed by atoms with E-state index in [9.17, 15) is 4.79 Å². The molecule has 13 heavy (non-hydrogen) atoms. The normalized spacial score (nSPS) is 13.5. The Balaban J connectivity index is 3.58. The van der Waals surface area contributed by atoms with Gasteiger partial charge in [-0.3, -0.25) is 4.79 Å². The summed E-state index contributed by atoms with van der Waals surface area (Å²) in [6.07, 6.45) is -0.0244. The molecule has 0 saturated heterocycles. The lowest BCUT2D eigenvalue weighted by Gasteiger charge is -2.17. The molecule has 1 N–H and O–H groups in total. The number of hydrogen-bond donors (Lipinski definition) is 1. The van der Waals surface area contributed by atoms with E-state index in [-0.39, 0.29) is 12.1 Å². The molecule has 0 aliphatic rings. The summed E-state index contributed by atoms with van der Waals surface area (Å²) < 4.78 is 4.98. The minimum absolute atomic E-state index is 0.0244. The van der Waals surface area contributed by atoms with Gasteiger partial charge in [0.25, 0.3) is 0 Å². The van der Waals surface area contributed by atoms with Crippen LogP contribution in [-0.2, 0) is 9.53 Å². The van der Waals surface area contributed by atoms with Gasteiger partial charge in [0.1, 0.15) is 0 Å². The second-order valence-electron chi connectivity index (χ2n) is 3.95. The minimum Gasteiger partial charge on any atom is -0.462 e. The first-order valence-corrected chi connectivity index (χ1v) is 4.86. The van der Waals surface area contributed by atoms with Crippen LogP contribution in [0.2, 0.25) is 0 Å². The average Bonchev–Trinajstić information content (AvgIpc) is 1.98. The molecule has 0 fully saturated rings. The number of carbonyl (C=O) groups is 1.